The molecule has 1 unspecified atom stereocenters. The summed E-state index contributed by atoms with van der Waals surface area (Å²) in [5.74, 6) is -0.842. The van der Waals surface area contributed by atoms with Crippen molar-refractivity contribution in [1.29, 1.82) is 5.41 Å². The second-order valence-corrected chi connectivity index (χ2v) is 13.5. The molecule has 0 saturated carbocycles. The van der Waals surface area contributed by atoms with E-state index < -0.39 is 28.0 Å². The van der Waals surface area contributed by atoms with Gasteiger partial charge in [-0.3, -0.25) is 25.1 Å². The summed E-state index contributed by atoms with van der Waals surface area (Å²) in [6.07, 6.45) is 10.2. The first-order valence-electron chi connectivity index (χ1n) is 15.4. The molecule has 0 radical (unpaired) electrons. The molecule has 1 aromatic carbocycles. The Bertz CT molecular complexity index is 1250. The number of benzene rings is 1. The van der Waals surface area contributed by atoms with Gasteiger partial charge >= 0.3 is 0 Å². The SMILES string of the molecule is CCCCCCC(C)C(=O)NC(=N)N1CC=C(CNC(=O)[C@@H]2CCCN2C(=O)[C@@H](Cc2ccccc2)NS(C)(=O)=O)CC1. The Hall–Kier alpha value is -3.25. The van der Waals surface area contributed by atoms with Gasteiger partial charge in [-0.25, -0.2) is 13.1 Å². The summed E-state index contributed by atoms with van der Waals surface area (Å²) in [4.78, 5) is 42.5. The van der Waals surface area contributed by atoms with E-state index in [9.17, 15) is 22.8 Å². The molecule has 4 N–H and O–H groups in total. The third-order valence-electron chi connectivity index (χ3n) is 8.06. The van der Waals surface area contributed by atoms with Crippen molar-refractivity contribution < 1.29 is 22.8 Å². The van der Waals surface area contributed by atoms with E-state index in [-0.39, 0.29) is 30.1 Å². The van der Waals surface area contributed by atoms with Crippen molar-refractivity contribution >= 4 is 33.7 Å². The Kier molecular flexibility index (Phi) is 13.2. The van der Waals surface area contributed by atoms with Crippen LogP contribution < -0.4 is 15.4 Å². The Morgan fingerprint density at radius 2 is 1.84 bits per heavy atom. The number of carbonyl (C=O) groups excluding carboxylic acids is 3. The lowest BCUT2D eigenvalue weighted by molar-refractivity contribution is -0.139. The molecule has 3 rings (SSSR count). The van der Waals surface area contributed by atoms with Gasteiger partial charge in [0, 0.05) is 32.1 Å². The fraction of sp³-hybridized carbons (Fsp3) is 0.613. The lowest BCUT2D eigenvalue weighted by Gasteiger charge is -2.30. The van der Waals surface area contributed by atoms with E-state index in [0.717, 1.165) is 43.1 Å². The number of unbranched alkanes of at least 4 members (excludes halogenated alkanes) is 3. The molecule has 43 heavy (non-hydrogen) atoms. The number of carbonyl (C=O) groups is 3. The predicted octanol–water partition coefficient (Wildman–Crippen LogP) is 2.54. The molecule has 0 aliphatic carbocycles. The van der Waals surface area contributed by atoms with E-state index in [2.05, 4.69) is 22.3 Å². The van der Waals surface area contributed by atoms with E-state index in [1.165, 1.54) is 11.3 Å². The highest BCUT2D eigenvalue weighted by Crippen LogP contribution is 2.21. The van der Waals surface area contributed by atoms with Gasteiger partial charge in [0.25, 0.3) is 0 Å². The van der Waals surface area contributed by atoms with Crippen molar-refractivity contribution in [2.45, 2.75) is 83.7 Å². The Balaban J connectivity index is 1.50. The van der Waals surface area contributed by atoms with Crippen LogP contribution in [0, 0.1) is 11.3 Å². The number of guanidine groups is 1. The van der Waals surface area contributed by atoms with Crippen LogP contribution in [0.1, 0.15) is 70.8 Å². The average Bonchev–Trinajstić information content (AvgIpc) is 3.47. The molecule has 3 amide bonds. The largest absolute Gasteiger partial charge is 0.351 e. The maximum Gasteiger partial charge on any atom is 0.243 e. The van der Waals surface area contributed by atoms with Crippen LogP contribution in [0.5, 0.6) is 0 Å². The number of sulfonamides is 1. The van der Waals surface area contributed by atoms with Gasteiger partial charge in [-0.05, 0) is 37.7 Å². The molecule has 1 fully saturated rings. The molecule has 2 aliphatic rings. The average molecular weight is 617 g/mol. The second kappa shape index (κ2) is 16.6. The summed E-state index contributed by atoms with van der Waals surface area (Å²) in [7, 11) is -3.66. The minimum Gasteiger partial charge on any atom is -0.351 e. The van der Waals surface area contributed by atoms with E-state index in [1.807, 2.05) is 43.3 Å². The van der Waals surface area contributed by atoms with Crippen LogP contribution in [0.25, 0.3) is 0 Å². The Labute approximate surface area is 256 Å². The van der Waals surface area contributed by atoms with E-state index >= 15 is 0 Å². The first-order chi connectivity index (χ1) is 20.5. The first kappa shape index (κ1) is 34.2. The second-order valence-electron chi connectivity index (χ2n) is 11.7. The van der Waals surface area contributed by atoms with Gasteiger partial charge in [0.05, 0.1) is 6.26 Å². The third kappa shape index (κ3) is 11.1. The number of nitrogens with zero attached hydrogens (tertiary/aromatic N) is 2. The van der Waals surface area contributed by atoms with Gasteiger partial charge < -0.3 is 15.1 Å². The predicted molar refractivity (Wildman–Crippen MR) is 168 cm³/mol. The molecule has 11 nitrogen and oxygen atoms in total. The van der Waals surface area contributed by atoms with Crippen LogP contribution in [0.4, 0.5) is 0 Å². The number of likely N-dealkylation sites (tertiary alicyclic amines) is 1. The lowest BCUT2D eigenvalue weighted by Crippen LogP contribution is -2.54. The molecule has 12 heteroatoms. The van der Waals surface area contributed by atoms with Crippen molar-refractivity contribution in [2.75, 3.05) is 32.4 Å². The van der Waals surface area contributed by atoms with Gasteiger partial charge in [0.2, 0.25) is 27.7 Å². The highest BCUT2D eigenvalue weighted by atomic mass is 32.2. The molecular weight excluding hydrogens is 568 g/mol. The van der Waals surface area contributed by atoms with Crippen LogP contribution in [0.15, 0.2) is 42.0 Å². The summed E-state index contributed by atoms with van der Waals surface area (Å²) in [5.41, 5.74) is 1.84. The van der Waals surface area contributed by atoms with E-state index in [0.29, 0.717) is 45.4 Å². The third-order valence-corrected chi connectivity index (χ3v) is 8.78. The normalized spacial score (nSPS) is 18.5. The molecule has 1 aromatic rings. The van der Waals surface area contributed by atoms with Crippen molar-refractivity contribution in [3.05, 3.63) is 47.5 Å². The van der Waals surface area contributed by atoms with Gasteiger partial charge in [0.1, 0.15) is 12.1 Å². The van der Waals surface area contributed by atoms with Crippen LogP contribution >= 0.6 is 0 Å². The Morgan fingerprint density at radius 1 is 1.09 bits per heavy atom. The molecule has 1 saturated heterocycles. The van der Waals surface area contributed by atoms with Gasteiger partial charge in [-0.15, -0.1) is 0 Å². The Morgan fingerprint density at radius 3 is 2.49 bits per heavy atom. The molecule has 2 heterocycles. The fourth-order valence-corrected chi connectivity index (χ4v) is 6.21. The standard InChI is InChI=1S/C31H48N6O5S/c1-4-5-6-8-12-23(2)28(38)34-31(32)36-19-16-25(17-20-36)22-33-29(39)27-15-11-18-37(27)30(40)26(35-43(3,41)42)21-24-13-9-7-10-14-24/h7,9-10,13-14,16,23,26-27,35H,4-6,8,11-12,15,17-22H2,1-3H3,(H,33,39)(H2,32,34,38)/t23?,26-,27+/m1/s1. The highest BCUT2D eigenvalue weighted by Gasteiger charge is 2.38. The number of rotatable bonds is 14. The topological polar surface area (TPSA) is 152 Å². The van der Waals surface area contributed by atoms with Crippen LogP contribution in [-0.4, -0.2) is 86.4 Å². The van der Waals surface area contributed by atoms with E-state index in [1.54, 1.807) is 4.90 Å². The van der Waals surface area contributed by atoms with Crippen LogP contribution in [0.3, 0.4) is 0 Å². The summed E-state index contributed by atoms with van der Waals surface area (Å²) < 4.78 is 26.6. The summed E-state index contributed by atoms with van der Waals surface area (Å²) in [5, 5.41) is 14.0. The molecule has 0 bridgehead atoms. The van der Waals surface area contributed by atoms with Crippen molar-refractivity contribution in [1.82, 2.24) is 25.2 Å². The van der Waals surface area contributed by atoms with Gasteiger partial charge in [-0.1, -0.05) is 81.5 Å². The summed E-state index contributed by atoms with van der Waals surface area (Å²) >= 11 is 0. The van der Waals surface area contributed by atoms with Crippen molar-refractivity contribution in [3.63, 3.8) is 0 Å². The van der Waals surface area contributed by atoms with Crippen LogP contribution in [0.2, 0.25) is 0 Å². The lowest BCUT2D eigenvalue weighted by atomic mass is 10.0. The first-order valence-corrected chi connectivity index (χ1v) is 17.3. The molecule has 238 valence electrons. The zero-order valence-corrected chi connectivity index (χ0v) is 26.5. The summed E-state index contributed by atoms with van der Waals surface area (Å²) in [6, 6.07) is 7.52. The number of amides is 3. The molecule has 0 aromatic heterocycles. The van der Waals surface area contributed by atoms with E-state index in [4.69, 9.17) is 5.41 Å². The molecular formula is C31H48N6O5S. The maximum absolute atomic E-state index is 13.5. The molecule has 0 spiro atoms. The van der Waals surface area contributed by atoms with Crippen molar-refractivity contribution in [3.8, 4) is 0 Å². The zero-order valence-electron chi connectivity index (χ0n) is 25.7. The number of nitrogens with one attached hydrogen (secondary N) is 4. The van der Waals surface area contributed by atoms with Gasteiger partial charge in [-0.2, -0.15) is 0 Å². The minimum absolute atomic E-state index is 0.0950. The summed E-state index contributed by atoms with van der Waals surface area (Å²) in [6.45, 7) is 5.78. The quantitative estimate of drug-likeness (QED) is 0.109. The van der Waals surface area contributed by atoms with Gasteiger partial charge in [0.15, 0.2) is 5.96 Å². The monoisotopic (exact) mass is 616 g/mol. The van der Waals surface area contributed by atoms with Crippen LogP contribution in [-0.2, 0) is 30.8 Å². The maximum atomic E-state index is 13.5. The van der Waals surface area contributed by atoms with Crippen molar-refractivity contribution in [2.24, 2.45) is 5.92 Å². The minimum atomic E-state index is -3.66. The molecule has 3 atom stereocenters. The number of hydrogen-bond donors (Lipinski definition) is 4. The zero-order chi connectivity index (χ0) is 31.4. The molecule has 2 aliphatic heterocycles. The highest BCUT2D eigenvalue weighted by molar-refractivity contribution is 7.88. The number of hydrogen-bond acceptors (Lipinski definition) is 6. The fourth-order valence-electron chi connectivity index (χ4n) is 5.51. The smallest absolute Gasteiger partial charge is 0.243 e.